The van der Waals surface area contributed by atoms with Gasteiger partial charge in [0.05, 0.1) is 6.04 Å². The minimum Gasteiger partial charge on any atom is -0.355 e. The maximum Gasteiger partial charge on any atom is 0.237 e. The van der Waals surface area contributed by atoms with Gasteiger partial charge in [0.25, 0.3) is 0 Å². The summed E-state index contributed by atoms with van der Waals surface area (Å²) < 4.78 is 0. The summed E-state index contributed by atoms with van der Waals surface area (Å²) in [5.74, 6) is 0.934. The summed E-state index contributed by atoms with van der Waals surface area (Å²) in [6.45, 7) is 2.18. The smallest absolute Gasteiger partial charge is 0.237 e. The summed E-state index contributed by atoms with van der Waals surface area (Å²) in [4.78, 5) is 12.8. The Bertz CT molecular complexity index is 765. The maximum absolute atomic E-state index is 12.8. The van der Waals surface area contributed by atoms with Gasteiger partial charge in [0.15, 0.2) is 0 Å². The van der Waals surface area contributed by atoms with Crippen LogP contribution in [0.15, 0.2) is 42.5 Å². The van der Waals surface area contributed by atoms with E-state index in [1.807, 2.05) is 0 Å². The van der Waals surface area contributed by atoms with E-state index in [2.05, 4.69) is 53.1 Å². The first-order chi connectivity index (χ1) is 14.3. The van der Waals surface area contributed by atoms with Crippen molar-refractivity contribution < 1.29 is 4.79 Å². The first-order valence-corrected chi connectivity index (χ1v) is 11.4. The van der Waals surface area contributed by atoms with Gasteiger partial charge in [0, 0.05) is 13.1 Å². The molecule has 0 unspecified atom stereocenters. The number of fused-ring (bicyclic) bond motifs is 1. The Kier molecular flexibility index (Phi) is 13.8. The molecular formula is C25H39Cl2N3O. The Labute approximate surface area is 199 Å². The summed E-state index contributed by atoms with van der Waals surface area (Å²) in [6, 6.07) is 14.7. The van der Waals surface area contributed by atoms with Crippen LogP contribution in [-0.2, 0) is 11.3 Å². The number of carbonyl (C=O) groups excluding carboxylic acids is 1. The standard InChI is InChI=1S/C25H37N3O.2ClH/c26-16-7-6-12-24(25(29)27-17-15-20-8-2-1-3-9-20)28-19-21-13-14-22-10-4-5-11-23(22)18-21;;/h4-5,10-11,13-14,18,20,24,28H,1-3,6-9,12,15-17,19,26H2,(H,27,29);2*1H/t24-;;/m0../s1. The van der Waals surface area contributed by atoms with Crippen molar-refractivity contribution in [1.82, 2.24) is 10.6 Å². The van der Waals surface area contributed by atoms with Crippen LogP contribution in [0.4, 0.5) is 0 Å². The molecule has 1 amide bonds. The molecule has 0 aromatic heterocycles. The quantitative estimate of drug-likeness (QED) is 0.389. The van der Waals surface area contributed by atoms with Crippen molar-refractivity contribution in [2.75, 3.05) is 13.1 Å². The van der Waals surface area contributed by atoms with Crippen molar-refractivity contribution in [2.24, 2.45) is 11.7 Å². The Hall–Kier alpha value is -1.33. The van der Waals surface area contributed by atoms with E-state index in [1.165, 1.54) is 48.4 Å². The van der Waals surface area contributed by atoms with Gasteiger partial charge in [-0.05, 0) is 54.1 Å². The Morgan fingerprint density at radius 2 is 1.74 bits per heavy atom. The van der Waals surface area contributed by atoms with Crippen LogP contribution in [0.5, 0.6) is 0 Å². The van der Waals surface area contributed by atoms with E-state index in [0.717, 1.165) is 38.1 Å². The zero-order valence-corrected chi connectivity index (χ0v) is 20.1. The Morgan fingerprint density at radius 3 is 2.48 bits per heavy atom. The third-order valence-corrected chi connectivity index (χ3v) is 6.21. The SMILES string of the molecule is Cl.Cl.NCCCC[C@H](NCc1ccc2ccccc2c1)C(=O)NCCC1CCCCC1. The lowest BCUT2D eigenvalue weighted by Crippen LogP contribution is -2.44. The van der Waals surface area contributed by atoms with Gasteiger partial charge in [0.2, 0.25) is 5.91 Å². The summed E-state index contributed by atoms with van der Waals surface area (Å²) >= 11 is 0. The van der Waals surface area contributed by atoms with E-state index in [0.29, 0.717) is 13.1 Å². The molecule has 0 aliphatic heterocycles. The van der Waals surface area contributed by atoms with Crippen LogP contribution in [0.2, 0.25) is 0 Å². The minimum absolute atomic E-state index is 0. The number of rotatable bonds is 11. The number of carbonyl (C=O) groups is 1. The van der Waals surface area contributed by atoms with Gasteiger partial charge in [-0.3, -0.25) is 4.79 Å². The number of halogens is 2. The zero-order chi connectivity index (χ0) is 20.3. The first kappa shape index (κ1) is 27.7. The van der Waals surface area contributed by atoms with Crippen molar-refractivity contribution in [3.63, 3.8) is 0 Å². The second-order valence-corrected chi connectivity index (χ2v) is 8.48. The number of unbranched alkanes of at least 4 members (excludes halogenated alkanes) is 1. The van der Waals surface area contributed by atoms with Gasteiger partial charge in [0.1, 0.15) is 0 Å². The van der Waals surface area contributed by atoms with Crippen molar-refractivity contribution in [3.8, 4) is 0 Å². The van der Waals surface area contributed by atoms with E-state index < -0.39 is 0 Å². The molecule has 1 fully saturated rings. The molecular weight excluding hydrogens is 429 g/mol. The third kappa shape index (κ3) is 9.36. The highest BCUT2D eigenvalue weighted by Crippen LogP contribution is 2.25. The Balaban J connectivity index is 0.00000240. The number of nitrogens with two attached hydrogens (primary N) is 1. The molecule has 4 nitrogen and oxygen atoms in total. The van der Waals surface area contributed by atoms with Gasteiger partial charge >= 0.3 is 0 Å². The van der Waals surface area contributed by atoms with Crippen LogP contribution in [0.1, 0.15) is 63.4 Å². The van der Waals surface area contributed by atoms with Crippen molar-refractivity contribution in [1.29, 1.82) is 0 Å². The lowest BCUT2D eigenvalue weighted by molar-refractivity contribution is -0.123. The molecule has 0 saturated heterocycles. The lowest BCUT2D eigenvalue weighted by Gasteiger charge is -2.23. The molecule has 1 aliphatic rings. The summed E-state index contributed by atoms with van der Waals surface area (Å²) in [5.41, 5.74) is 6.86. The second-order valence-electron chi connectivity index (χ2n) is 8.48. The summed E-state index contributed by atoms with van der Waals surface area (Å²) in [7, 11) is 0. The monoisotopic (exact) mass is 467 g/mol. The van der Waals surface area contributed by atoms with Gasteiger partial charge in [-0.15, -0.1) is 24.8 Å². The molecule has 0 spiro atoms. The van der Waals surface area contributed by atoms with Gasteiger partial charge < -0.3 is 16.4 Å². The van der Waals surface area contributed by atoms with E-state index in [9.17, 15) is 4.79 Å². The summed E-state index contributed by atoms with van der Waals surface area (Å²) in [5, 5.41) is 9.17. The molecule has 2 aromatic carbocycles. The molecule has 1 aliphatic carbocycles. The number of nitrogens with one attached hydrogen (secondary N) is 2. The fraction of sp³-hybridized carbons (Fsp3) is 0.560. The Morgan fingerprint density at radius 1 is 1.00 bits per heavy atom. The molecule has 1 atom stereocenters. The normalized spacial score (nSPS) is 15.0. The number of benzene rings is 2. The molecule has 4 N–H and O–H groups in total. The third-order valence-electron chi connectivity index (χ3n) is 6.21. The molecule has 3 rings (SSSR count). The maximum atomic E-state index is 12.8. The van der Waals surface area contributed by atoms with Gasteiger partial charge in [-0.2, -0.15) is 0 Å². The molecule has 0 radical (unpaired) electrons. The van der Waals surface area contributed by atoms with Gasteiger partial charge in [-0.1, -0.05) is 74.9 Å². The van der Waals surface area contributed by atoms with Gasteiger partial charge in [-0.25, -0.2) is 0 Å². The lowest BCUT2D eigenvalue weighted by atomic mass is 9.87. The van der Waals surface area contributed by atoms with Crippen LogP contribution in [0.3, 0.4) is 0 Å². The van der Waals surface area contributed by atoms with Crippen molar-refractivity contribution in [2.45, 2.75) is 70.4 Å². The predicted octanol–water partition coefficient (Wildman–Crippen LogP) is 5.36. The largest absolute Gasteiger partial charge is 0.355 e. The van der Waals surface area contributed by atoms with E-state index in [-0.39, 0.29) is 36.8 Å². The average molecular weight is 469 g/mol. The highest BCUT2D eigenvalue weighted by Gasteiger charge is 2.18. The molecule has 174 valence electrons. The molecule has 2 aromatic rings. The number of hydrogen-bond acceptors (Lipinski definition) is 3. The fourth-order valence-corrected chi connectivity index (χ4v) is 4.41. The number of hydrogen-bond donors (Lipinski definition) is 3. The molecule has 31 heavy (non-hydrogen) atoms. The first-order valence-electron chi connectivity index (χ1n) is 11.4. The molecule has 6 heteroatoms. The molecule has 0 heterocycles. The zero-order valence-electron chi connectivity index (χ0n) is 18.5. The van der Waals surface area contributed by atoms with Crippen LogP contribution in [-0.4, -0.2) is 25.0 Å². The predicted molar refractivity (Wildman–Crippen MR) is 136 cm³/mol. The van der Waals surface area contributed by atoms with E-state index >= 15 is 0 Å². The van der Waals surface area contributed by atoms with Crippen molar-refractivity contribution >= 4 is 41.5 Å². The van der Waals surface area contributed by atoms with Crippen LogP contribution < -0.4 is 16.4 Å². The molecule has 0 bridgehead atoms. The minimum atomic E-state index is -0.153. The topological polar surface area (TPSA) is 67.1 Å². The van der Waals surface area contributed by atoms with Crippen molar-refractivity contribution in [3.05, 3.63) is 48.0 Å². The highest BCUT2D eigenvalue weighted by atomic mass is 35.5. The fourth-order valence-electron chi connectivity index (χ4n) is 4.41. The summed E-state index contributed by atoms with van der Waals surface area (Å²) in [6.07, 6.45) is 10.6. The van der Waals surface area contributed by atoms with E-state index in [1.54, 1.807) is 0 Å². The average Bonchev–Trinajstić information content (AvgIpc) is 2.76. The van der Waals surface area contributed by atoms with Crippen LogP contribution in [0, 0.1) is 5.92 Å². The van der Waals surface area contributed by atoms with E-state index in [4.69, 9.17) is 5.73 Å². The highest BCUT2D eigenvalue weighted by molar-refractivity contribution is 5.85. The molecule has 1 saturated carbocycles. The van der Waals surface area contributed by atoms with Crippen LogP contribution in [0.25, 0.3) is 10.8 Å². The van der Waals surface area contributed by atoms with Crippen LogP contribution >= 0.6 is 24.8 Å². The second kappa shape index (κ2) is 15.5. The number of amides is 1.